The maximum absolute atomic E-state index is 12.5. The monoisotopic (exact) mass is 374 g/mol. The van der Waals surface area contributed by atoms with Crippen molar-refractivity contribution in [3.05, 3.63) is 28.2 Å². The van der Waals surface area contributed by atoms with Crippen molar-refractivity contribution in [2.45, 2.75) is 46.3 Å². The summed E-state index contributed by atoms with van der Waals surface area (Å²) in [6.45, 7) is 9.45. The molecule has 5 nitrogen and oxygen atoms in total. The number of nitrogens with zero attached hydrogens (tertiary/aromatic N) is 1. The van der Waals surface area contributed by atoms with Gasteiger partial charge in [0.2, 0.25) is 5.91 Å². The van der Waals surface area contributed by atoms with Gasteiger partial charge in [0.1, 0.15) is 10.8 Å². The molecule has 0 radical (unpaired) electrons. The number of hydrogen-bond acceptors (Lipinski definition) is 3. The second-order valence-corrected chi connectivity index (χ2v) is 7.25. The highest BCUT2D eigenvalue weighted by atomic mass is 35.5. The van der Waals surface area contributed by atoms with E-state index in [1.165, 1.54) is 4.90 Å². The van der Waals surface area contributed by atoms with Crippen molar-refractivity contribution in [3.63, 3.8) is 0 Å². The molecule has 0 aromatic heterocycles. The summed E-state index contributed by atoms with van der Waals surface area (Å²) in [5.74, 6) is -0.177. The van der Waals surface area contributed by atoms with Gasteiger partial charge in [-0.3, -0.25) is 9.59 Å². The highest BCUT2D eigenvalue weighted by molar-refractivity contribution is 6.42. The number of hydrogen-bond donors (Lipinski definition) is 1. The first-order valence-electron chi connectivity index (χ1n) is 7.75. The van der Waals surface area contributed by atoms with Crippen LogP contribution in [0.2, 0.25) is 10.0 Å². The molecule has 1 aromatic carbocycles. The Bertz CT molecular complexity index is 600. The molecule has 0 fully saturated rings. The van der Waals surface area contributed by atoms with Crippen LogP contribution in [0.4, 0.5) is 0 Å². The number of carbonyl (C=O) groups is 2. The van der Waals surface area contributed by atoms with Crippen molar-refractivity contribution in [2.24, 2.45) is 0 Å². The number of ether oxygens (including phenoxy) is 1. The van der Waals surface area contributed by atoms with Gasteiger partial charge in [0, 0.05) is 12.1 Å². The van der Waals surface area contributed by atoms with E-state index in [0.717, 1.165) is 0 Å². The Morgan fingerprint density at radius 3 is 2.46 bits per heavy atom. The topological polar surface area (TPSA) is 58.6 Å². The molecule has 0 aliphatic rings. The van der Waals surface area contributed by atoms with Crippen molar-refractivity contribution >= 4 is 35.0 Å². The average Bonchev–Trinajstić information content (AvgIpc) is 2.46. The molecule has 0 saturated heterocycles. The summed E-state index contributed by atoms with van der Waals surface area (Å²) in [7, 11) is 0. The first-order chi connectivity index (χ1) is 11.0. The van der Waals surface area contributed by atoms with Gasteiger partial charge in [-0.15, -0.1) is 0 Å². The van der Waals surface area contributed by atoms with E-state index in [9.17, 15) is 9.59 Å². The van der Waals surface area contributed by atoms with Gasteiger partial charge in [-0.1, -0.05) is 29.3 Å². The first-order valence-corrected chi connectivity index (χ1v) is 8.51. The summed E-state index contributed by atoms with van der Waals surface area (Å²) < 4.78 is 5.61. The lowest BCUT2D eigenvalue weighted by molar-refractivity contribution is -0.141. The van der Waals surface area contributed by atoms with Crippen LogP contribution in [-0.4, -0.2) is 41.4 Å². The van der Waals surface area contributed by atoms with Crippen LogP contribution in [-0.2, 0) is 9.59 Å². The maximum atomic E-state index is 12.5. The fraction of sp³-hybridized carbons (Fsp3) is 0.529. The minimum Gasteiger partial charge on any atom is -0.479 e. The molecular weight excluding hydrogens is 351 g/mol. The molecule has 0 aliphatic heterocycles. The molecule has 2 amide bonds. The fourth-order valence-corrected chi connectivity index (χ4v) is 2.39. The Balaban J connectivity index is 2.74. The Kier molecular flexibility index (Phi) is 7.36. The van der Waals surface area contributed by atoms with Gasteiger partial charge in [-0.25, -0.2) is 0 Å². The lowest BCUT2D eigenvalue weighted by Crippen LogP contribution is -2.49. The second kappa shape index (κ2) is 8.58. The number of rotatable bonds is 6. The van der Waals surface area contributed by atoms with Crippen LogP contribution in [0.15, 0.2) is 18.2 Å². The molecule has 7 heteroatoms. The van der Waals surface area contributed by atoms with Crippen molar-refractivity contribution in [2.75, 3.05) is 13.1 Å². The number of nitrogens with one attached hydrogen (secondary N) is 1. The van der Waals surface area contributed by atoms with Crippen LogP contribution in [0, 0.1) is 0 Å². The number of halogens is 2. The van der Waals surface area contributed by atoms with Crippen LogP contribution >= 0.6 is 23.2 Å². The predicted octanol–water partition coefficient (Wildman–Crippen LogP) is 3.52. The van der Waals surface area contributed by atoms with Gasteiger partial charge in [0.25, 0.3) is 5.91 Å². The number of carbonyl (C=O) groups excluding carboxylic acids is 2. The SMILES string of the molecule is CCN(CC(=O)NC(C)(C)C)C(=O)C(C)Oc1cccc(Cl)c1Cl. The maximum Gasteiger partial charge on any atom is 0.263 e. The molecule has 0 bridgehead atoms. The minimum atomic E-state index is -0.789. The highest BCUT2D eigenvalue weighted by Gasteiger charge is 2.25. The molecule has 24 heavy (non-hydrogen) atoms. The molecule has 134 valence electrons. The molecular formula is C17H24Cl2N2O3. The van der Waals surface area contributed by atoms with Crippen LogP contribution in [0.25, 0.3) is 0 Å². The van der Waals surface area contributed by atoms with Crippen molar-refractivity contribution in [1.29, 1.82) is 0 Å². The average molecular weight is 375 g/mol. The van der Waals surface area contributed by atoms with Gasteiger partial charge in [0.05, 0.1) is 11.6 Å². The number of benzene rings is 1. The van der Waals surface area contributed by atoms with E-state index in [1.54, 1.807) is 32.0 Å². The molecule has 1 unspecified atom stereocenters. The van der Waals surface area contributed by atoms with Crippen molar-refractivity contribution < 1.29 is 14.3 Å². The molecule has 0 spiro atoms. The van der Waals surface area contributed by atoms with E-state index in [1.807, 2.05) is 20.8 Å². The highest BCUT2D eigenvalue weighted by Crippen LogP contribution is 2.32. The van der Waals surface area contributed by atoms with E-state index >= 15 is 0 Å². The zero-order valence-electron chi connectivity index (χ0n) is 14.7. The molecule has 1 rings (SSSR count). The Labute approximate surface area is 153 Å². The summed E-state index contributed by atoms with van der Waals surface area (Å²) >= 11 is 12.0. The van der Waals surface area contributed by atoms with Crippen LogP contribution in [0.5, 0.6) is 5.75 Å². The van der Waals surface area contributed by atoms with Crippen LogP contribution < -0.4 is 10.1 Å². The smallest absolute Gasteiger partial charge is 0.263 e. The normalized spacial score (nSPS) is 12.5. The first kappa shape index (κ1) is 20.6. The fourth-order valence-electron chi connectivity index (χ4n) is 2.05. The van der Waals surface area contributed by atoms with Gasteiger partial charge in [-0.2, -0.15) is 0 Å². The lowest BCUT2D eigenvalue weighted by Gasteiger charge is -2.27. The van der Waals surface area contributed by atoms with Gasteiger partial charge in [0.15, 0.2) is 6.10 Å². The van der Waals surface area contributed by atoms with E-state index < -0.39 is 6.10 Å². The van der Waals surface area contributed by atoms with Gasteiger partial charge < -0.3 is 15.0 Å². The largest absolute Gasteiger partial charge is 0.479 e. The number of likely N-dealkylation sites (N-methyl/N-ethyl adjacent to an activating group) is 1. The molecule has 0 aliphatic carbocycles. The predicted molar refractivity (Wildman–Crippen MR) is 96.7 cm³/mol. The van der Waals surface area contributed by atoms with Crippen molar-refractivity contribution in [3.8, 4) is 5.75 Å². The molecule has 0 saturated carbocycles. The lowest BCUT2D eigenvalue weighted by atomic mass is 10.1. The van der Waals surface area contributed by atoms with E-state index in [4.69, 9.17) is 27.9 Å². The Morgan fingerprint density at radius 2 is 1.92 bits per heavy atom. The summed E-state index contributed by atoms with van der Waals surface area (Å²) in [5.41, 5.74) is -0.351. The second-order valence-electron chi connectivity index (χ2n) is 6.46. The third kappa shape index (κ3) is 6.21. The third-order valence-electron chi connectivity index (χ3n) is 3.11. The quantitative estimate of drug-likeness (QED) is 0.828. The van der Waals surface area contributed by atoms with Gasteiger partial charge >= 0.3 is 0 Å². The molecule has 1 aromatic rings. The van der Waals surface area contributed by atoms with E-state index in [2.05, 4.69) is 5.32 Å². The summed E-state index contributed by atoms with van der Waals surface area (Å²) in [5, 5.41) is 3.44. The molecule has 1 atom stereocenters. The van der Waals surface area contributed by atoms with Crippen LogP contribution in [0.1, 0.15) is 34.6 Å². The van der Waals surface area contributed by atoms with Crippen molar-refractivity contribution in [1.82, 2.24) is 10.2 Å². The Morgan fingerprint density at radius 1 is 1.29 bits per heavy atom. The molecule has 1 N–H and O–H groups in total. The third-order valence-corrected chi connectivity index (χ3v) is 3.91. The zero-order valence-corrected chi connectivity index (χ0v) is 16.2. The molecule has 0 heterocycles. The number of amides is 2. The van der Waals surface area contributed by atoms with Gasteiger partial charge in [-0.05, 0) is 46.8 Å². The minimum absolute atomic E-state index is 0.0242. The summed E-state index contributed by atoms with van der Waals surface area (Å²) in [6, 6.07) is 4.97. The zero-order chi connectivity index (χ0) is 18.5. The summed E-state index contributed by atoms with van der Waals surface area (Å²) in [4.78, 5) is 26.0. The van der Waals surface area contributed by atoms with E-state index in [-0.39, 0.29) is 28.9 Å². The standard InChI is InChI=1S/C17H24Cl2N2O3/c1-6-21(10-14(22)20-17(3,4)5)16(23)11(2)24-13-9-7-8-12(18)15(13)19/h7-9,11H,6,10H2,1-5H3,(H,20,22). The Hall–Kier alpha value is -1.46. The van der Waals surface area contributed by atoms with Crippen LogP contribution in [0.3, 0.4) is 0 Å². The van der Waals surface area contributed by atoms with E-state index in [0.29, 0.717) is 17.3 Å². The summed E-state index contributed by atoms with van der Waals surface area (Å²) in [6.07, 6.45) is -0.789.